The quantitative estimate of drug-likeness (QED) is 0.351. The maximum Gasteiger partial charge on any atom is 0.262 e. The topological polar surface area (TPSA) is 121 Å². The summed E-state index contributed by atoms with van der Waals surface area (Å²) in [5, 5.41) is 20.4. The second-order valence-electron chi connectivity index (χ2n) is 8.58. The van der Waals surface area contributed by atoms with Gasteiger partial charge in [0.15, 0.2) is 6.61 Å². The Balaban J connectivity index is 1.77. The van der Waals surface area contributed by atoms with E-state index >= 15 is 0 Å². The summed E-state index contributed by atoms with van der Waals surface area (Å²) in [6, 6.07) is 14.1. The fourth-order valence-corrected chi connectivity index (χ4v) is 3.63. The predicted octanol–water partition coefficient (Wildman–Crippen LogP) is 2.81. The molecule has 0 aliphatic carbocycles. The van der Waals surface area contributed by atoms with Crippen molar-refractivity contribution in [3.05, 3.63) is 59.1 Å². The van der Waals surface area contributed by atoms with Crippen LogP contribution in [0.15, 0.2) is 53.6 Å². The minimum absolute atomic E-state index is 0.139. The van der Waals surface area contributed by atoms with Gasteiger partial charge in [-0.1, -0.05) is 49.7 Å². The normalized spacial score (nSPS) is 16.1. The van der Waals surface area contributed by atoms with Gasteiger partial charge in [-0.3, -0.25) is 14.9 Å². The van der Waals surface area contributed by atoms with Gasteiger partial charge in [-0.2, -0.15) is 5.10 Å². The molecule has 9 nitrogen and oxygen atoms in total. The Morgan fingerprint density at radius 1 is 1.14 bits per heavy atom. The third kappa shape index (κ3) is 7.17. The molecule has 0 fully saturated rings. The molecule has 2 unspecified atom stereocenters. The van der Waals surface area contributed by atoms with Gasteiger partial charge >= 0.3 is 0 Å². The van der Waals surface area contributed by atoms with E-state index in [0.29, 0.717) is 40.6 Å². The number of benzene rings is 2. The lowest BCUT2D eigenvalue weighted by Crippen LogP contribution is -2.67. The number of rotatable bonds is 11. The third-order valence-corrected chi connectivity index (χ3v) is 5.68. The molecule has 4 N–H and O–H groups in total. The van der Waals surface area contributed by atoms with E-state index in [1.54, 1.807) is 43.3 Å². The number of hydrazone groups is 1. The van der Waals surface area contributed by atoms with Crippen LogP contribution in [0.3, 0.4) is 0 Å². The predicted molar refractivity (Wildman–Crippen MR) is 133 cm³/mol. The first kappa shape index (κ1) is 26.5. The Labute approximate surface area is 209 Å². The highest BCUT2D eigenvalue weighted by Gasteiger charge is 2.38. The fourth-order valence-electron chi connectivity index (χ4n) is 3.46. The van der Waals surface area contributed by atoms with Crippen LogP contribution in [-0.4, -0.2) is 47.7 Å². The summed E-state index contributed by atoms with van der Waals surface area (Å²) in [6.45, 7) is 5.24. The number of nitrogens with one attached hydrogen (secondary N) is 3. The summed E-state index contributed by atoms with van der Waals surface area (Å²) >= 11 is 6.30. The zero-order chi connectivity index (χ0) is 25.4. The van der Waals surface area contributed by atoms with Crippen molar-refractivity contribution in [1.82, 2.24) is 16.1 Å². The van der Waals surface area contributed by atoms with E-state index in [0.717, 1.165) is 0 Å². The molecule has 0 saturated heterocycles. The molecular formula is C25H31ClN4O5. The highest BCUT2D eigenvalue weighted by atomic mass is 35.5. The lowest BCUT2D eigenvalue weighted by molar-refractivity contribution is -0.135. The molecule has 35 heavy (non-hydrogen) atoms. The summed E-state index contributed by atoms with van der Waals surface area (Å²) in [6.07, 6.45) is 0.127. The van der Waals surface area contributed by atoms with Gasteiger partial charge in [-0.25, -0.2) is 5.43 Å². The van der Waals surface area contributed by atoms with Crippen molar-refractivity contribution in [1.29, 1.82) is 0 Å². The number of amides is 2. The van der Waals surface area contributed by atoms with E-state index in [4.69, 9.17) is 21.1 Å². The molecule has 3 rings (SSSR count). The van der Waals surface area contributed by atoms with E-state index in [9.17, 15) is 14.7 Å². The Hall–Kier alpha value is -3.14. The van der Waals surface area contributed by atoms with E-state index in [-0.39, 0.29) is 25.0 Å². The Morgan fingerprint density at radius 3 is 2.46 bits per heavy atom. The third-order valence-electron chi connectivity index (χ3n) is 5.37. The Bertz CT molecular complexity index is 1080. The molecule has 1 aliphatic rings. The SMILES string of the molecule is CC(O)CNC(NC(=O)COc1ccccc1C1=NNC(=O)CC1)(Oc1ccccc1Cl)C(C)C. The average molecular weight is 503 g/mol. The minimum atomic E-state index is -1.36. The van der Waals surface area contributed by atoms with Gasteiger partial charge in [0, 0.05) is 30.9 Å². The molecule has 188 valence electrons. The molecule has 10 heteroatoms. The van der Waals surface area contributed by atoms with Gasteiger partial charge in [-0.15, -0.1) is 0 Å². The minimum Gasteiger partial charge on any atom is -0.483 e. The fraction of sp³-hybridized carbons (Fsp3) is 0.400. The zero-order valence-corrected chi connectivity index (χ0v) is 20.8. The monoisotopic (exact) mass is 502 g/mol. The molecule has 1 aliphatic heterocycles. The molecule has 0 radical (unpaired) electrons. The van der Waals surface area contributed by atoms with Gasteiger partial charge in [0.2, 0.25) is 11.8 Å². The van der Waals surface area contributed by atoms with Crippen molar-refractivity contribution in [3.8, 4) is 11.5 Å². The van der Waals surface area contributed by atoms with E-state index in [1.807, 2.05) is 26.0 Å². The number of aliphatic hydroxyl groups is 1. The van der Waals surface area contributed by atoms with Crippen molar-refractivity contribution >= 4 is 29.1 Å². The summed E-state index contributed by atoms with van der Waals surface area (Å²) in [5.74, 6) is -1.35. The smallest absolute Gasteiger partial charge is 0.262 e. The number of para-hydroxylation sites is 2. The lowest BCUT2D eigenvalue weighted by Gasteiger charge is -2.39. The summed E-state index contributed by atoms with van der Waals surface area (Å²) < 4.78 is 12.0. The van der Waals surface area contributed by atoms with Crippen LogP contribution in [0.2, 0.25) is 5.02 Å². The van der Waals surface area contributed by atoms with Crippen LogP contribution < -0.4 is 25.5 Å². The van der Waals surface area contributed by atoms with Crippen LogP contribution >= 0.6 is 11.6 Å². The first-order valence-electron chi connectivity index (χ1n) is 11.5. The van der Waals surface area contributed by atoms with Crippen molar-refractivity contribution in [2.24, 2.45) is 11.0 Å². The van der Waals surface area contributed by atoms with Crippen molar-refractivity contribution in [3.63, 3.8) is 0 Å². The largest absolute Gasteiger partial charge is 0.483 e. The first-order valence-corrected chi connectivity index (χ1v) is 11.8. The number of hydrogen-bond donors (Lipinski definition) is 4. The van der Waals surface area contributed by atoms with Gasteiger partial charge in [-0.05, 0) is 31.2 Å². The number of halogens is 1. The van der Waals surface area contributed by atoms with Crippen LogP contribution in [-0.2, 0) is 9.59 Å². The van der Waals surface area contributed by atoms with Crippen LogP contribution in [0.1, 0.15) is 39.2 Å². The van der Waals surface area contributed by atoms with Gasteiger partial charge in [0.1, 0.15) is 11.5 Å². The maximum atomic E-state index is 13.0. The molecule has 2 atom stereocenters. The number of aliphatic hydroxyl groups excluding tert-OH is 1. The second-order valence-corrected chi connectivity index (χ2v) is 8.99. The lowest BCUT2D eigenvalue weighted by atomic mass is 10.0. The van der Waals surface area contributed by atoms with Crippen LogP contribution in [0.25, 0.3) is 0 Å². The average Bonchev–Trinajstić information content (AvgIpc) is 2.83. The molecule has 0 aromatic heterocycles. The van der Waals surface area contributed by atoms with Gasteiger partial charge in [0.05, 0.1) is 16.8 Å². The highest BCUT2D eigenvalue weighted by Crippen LogP contribution is 2.29. The highest BCUT2D eigenvalue weighted by molar-refractivity contribution is 6.32. The Kier molecular flexibility index (Phi) is 9.08. The van der Waals surface area contributed by atoms with Crippen molar-refractivity contribution in [2.45, 2.75) is 45.6 Å². The first-order chi connectivity index (χ1) is 16.7. The molecule has 2 aromatic carbocycles. The number of hydrogen-bond acceptors (Lipinski definition) is 7. The molecule has 0 bridgehead atoms. The van der Waals surface area contributed by atoms with E-state index in [1.165, 1.54) is 0 Å². The molecule has 0 saturated carbocycles. The van der Waals surface area contributed by atoms with Crippen LogP contribution in [0.4, 0.5) is 0 Å². The van der Waals surface area contributed by atoms with Crippen molar-refractivity contribution < 1.29 is 24.2 Å². The number of carbonyl (C=O) groups excluding carboxylic acids is 2. The standard InChI is InChI=1S/C25H31ClN4O5/c1-16(2)25(27-14-17(3)31,35-22-11-7-5-9-19(22)26)28-24(33)15-34-21-10-6-4-8-18(21)20-12-13-23(32)30-29-20/h4-11,16-17,27,31H,12-15H2,1-3H3,(H,28,33)(H,30,32). The summed E-state index contributed by atoms with van der Waals surface area (Å²) in [5.41, 5.74) is 3.86. The van der Waals surface area contributed by atoms with Gasteiger partial charge in [0.25, 0.3) is 5.91 Å². The second kappa shape index (κ2) is 12.0. The maximum absolute atomic E-state index is 13.0. The summed E-state index contributed by atoms with van der Waals surface area (Å²) in [7, 11) is 0. The van der Waals surface area contributed by atoms with Gasteiger partial charge < -0.3 is 19.9 Å². The zero-order valence-electron chi connectivity index (χ0n) is 20.0. The van der Waals surface area contributed by atoms with E-state index in [2.05, 4.69) is 21.2 Å². The molecular weight excluding hydrogens is 472 g/mol. The number of nitrogens with zero attached hydrogens (tertiary/aromatic N) is 1. The van der Waals surface area contributed by atoms with Crippen LogP contribution in [0, 0.1) is 5.92 Å². The molecule has 2 amide bonds. The number of ether oxygens (including phenoxy) is 2. The molecule has 2 aromatic rings. The summed E-state index contributed by atoms with van der Waals surface area (Å²) in [4.78, 5) is 24.5. The molecule has 0 spiro atoms. The van der Waals surface area contributed by atoms with E-state index < -0.39 is 17.9 Å². The molecule has 1 heterocycles. The van der Waals surface area contributed by atoms with Crippen LogP contribution in [0.5, 0.6) is 11.5 Å². The number of carbonyl (C=O) groups is 2. The Morgan fingerprint density at radius 2 is 1.83 bits per heavy atom. The van der Waals surface area contributed by atoms with Crippen molar-refractivity contribution in [2.75, 3.05) is 13.2 Å².